The van der Waals surface area contributed by atoms with E-state index in [2.05, 4.69) is 10.3 Å². The largest absolute Gasteiger partial charge is 0.376 e. The van der Waals surface area contributed by atoms with Gasteiger partial charge in [0.1, 0.15) is 6.10 Å². The fourth-order valence-corrected chi connectivity index (χ4v) is 2.82. The summed E-state index contributed by atoms with van der Waals surface area (Å²) in [4.78, 5) is 16.6. The van der Waals surface area contributed by atoms with Gasteiger partial charge in [0.15, 0.2) is 0 Å². The summed E-state index contributed by atoms with van der Waals surface area (Å²) in [5.41, 5.74) is 1.15. The number of ether oxygens (including phenoxy) is 2. The summed E-state index contributed by atoms with van der Waals surface area (Å²) < 4.78 is 13.2. The van der Waals surface area contributed by atoms with E-state index in [0.717, 1.165) is 31.4 Å². The number of hydrogen-bond acceptors (Lipinski definition) is 4. The van der Waals surface area contributed by atoms with E-state index in [0.29, 0.717) is 19.1 Å². The van der Waals surface area contributed by atoms with E-state index in [9.17, 15) is 4.79 Å². The van der Waals surface area contributed by atoms with Crippen molar-refractivity contribution in [1.82, 2.24) is 9.55 Å². The van der Waals surface area contributed by atoms with Crippen molar-refractivity contribution in [3.63, 3.8) is 0 Å². The number of nitrogens with zero attached hydrogens (tertiary/aromatic N) is 2. The van der Waals surface area contributed by atoms with E-state index in [1.807, 2.05) is 41.1 Å². The smallest absolute Gasteiger partial charge is 0.255 e. The molecule has 25 heavy (non-hydrogen) atoms. The Bertz CT molecular complexity index is 666. The highest BCUT2D eigenvalue weighted by Gasteiger charge is 2.20. The molecule has 134 valence electrons. The normalized spacial score (nSPS) is 18.7. The first-order valence-electron chi connectivity index (χ1n) is 8.81. The number of nitrogens with one attached hydrogen (secondary N) is 1. The van der Waals surface area contributed by atoms with Crippen LogP contribution in [0.25, 0.3) is 0 Å². The van der Waals surface area contributed by atoms with Crippen molar-refractivity contribution in [2.45, 2.75) is 44.9 Å². The van der Waals surface area contributed by atoms with Crippen LogP contribution in [0.1, 0.15) is 31.7 Å². The Labute approximate surface area is 148 Å². The Kier molecular flexibility index (Phi) is 6.19. The quantitative estimate of drug-likeness (QED) is 0.839. The van der Waals surface area contributed by atoms with Crippen LogP contribution in [0.2, 0.25) is 0 Å². The highest BCUT2D eigenvalue weighted by molar-refractivity contribution is 5.92. The highest BCUT2D eigenvalue weighted by atomic mass is 16.5. The number of amides is 1. The fourth-order valence-electron chi connectivity index (χ4n) is 2.82. The van der Waals surface area contributed by atoms with Crippen LogP contribution in [0.5, 0.6) is 0 Å². The van der Waals surface area contributed by atoms with Crippen LogP contribution < -0.4 is 5.32 Å². The molecule has 1 saturated heterocycles. The Morgan fingerprint density at radius 1 is 1.40 bits per heavy atom. The standard InChI is InChI=1S/C19H25N3O3/c1-15(25-14-17-9-5-6-12-24-17)18(23)21-19-20-10-11-22(19)13-16-7-3-2-4-8-16/h2-4,7-8,10-11,15,17H,5-6,9,12-14H2,1H3,(H,20,21,23)/t15-,17-/m0/s1. The molecule has 0 saturated carbocycles. The van der Waals surface area contributed by atoms with Gasteiger partial charge in [0.25, 0.3) is 5.91 Å². The average Bonchev–Trinajstić information content (AvgIpc) is 3.08. The van der Waals surface area contributed by atoms with Gasteiger partial charge in [-0.25, -0.2) is 4.98 Å². The zero-order valence-electron chi connectivity index (χ0n) is 14.6. The Morgan fingerprint density at radius 3 is 3.00 bits per heavy atom. The monoisotopic (exact) mass is 343 g/mol. The Balaban J connectivity index is 1.51. The van der Waals surface area contributed by atoms with Crippen LogP contribution in [-0.2, 0) is 20.8 Å². The molecule has 0 aliphatic carbocycles. The van der Waals surface area contributed by atoms with E-state index >= 15 is 0 Å². The van der Waals surface area contributed by atoms with Gasteiger partial charge in [-0.15, -0.1) is 0 Å². The number of carbonyl (C=O) groups is 1. The minimum Gasteiger partial charge on any atom is -0.376 e. The van der Waals surface area contributed by atoms with Crippen molar-refractivity contribution in [3.8, 4) is 0 Å². The molecule has 6 nitrogen and oxygen atoms in total. The molecule has 0 spiro atoms. The van der Waals surface area contributed by atoms with Crippen LogP contribution in [0.4, 0.5) is 5.95 Å². The number of aromatic nitrogens is 2. The van der Waals surface area contributed by atoms with Crippen molar-refractivity contribution < 1.29 is 14.3 Å². The van der Waals surface area contributed by atoms with Crippen LogP contribution in [0.15, 0.2) is 42.7 Å². The molecule has 2 heterocycles. The van der Waals surface area contributed by atoms with E-state index in [4.69, 9.17) is 9.47 Å². The zero-order valence-corrected chi connectivity index (χ0v) is 14.6. The second-order valence-corrected chi connectivity index (χ2v) is 6.32. The molecule has 1 aliphatic heterocycles. The molecule has 0 bridgehead atoms. The van der Waals surface area contributed by atoms with Gasteiger partial charge < -0.3 is 14.0 Å². The van der Waals surface area contributed by atoms with Crippen molar-refractivity contribution in [3.05, 3.63) is 48.3 Å². The van der Waals surface area contributed by atoms with E-state index in [1.165, 1.54) is 0 Å². The van der Waals surface area contributed by atoms with Gasteiger partial charge in [-0.05, 0) is 31.7 Å². The summed E-state index contributed by atoms with van der Waals surface area (Å²) in [5.74, 6) is 0.328. The van der Waals surface area contributed by atoms with E-state index < -0.39 is 6.10 Å². The lowest BCUT2D eigenvalue weighted by atomic mass is 10.1. The molecule has 1 aromatic carbocycles. The molecule has 1 aliphatic rings. The van der Waals surface area contributed by atoms with Gasteiger partial charge in [0.05, 0.1) is 19.3 Å². The first-order chi connectivity index (χ1) is 12.2. The highest BCUT2D eigenvalue weighted by Crippen LogP contribution is 2.14. The second-order valence-electron chi connectivity index (χ2n) is 6.32. The van der Waals surface area contributed by atoms with Gasteiger partial charge in [-0.3, -0.25) is 10.1 Å². The first-order valence-corrected chi connectivity index (χ1v) is 8.81. The number of imidazole rings is 1. The predicted molar refractivity (Wildman–Crippen MR) is 95.4 cm³/mol. The van der Waals surface area contributed by atoms with Crippen molar-refractivity contribution >= 4 is 11.9 Å². The maximum atomic E-state index is 12.4. The number of benzene rings is 1. The van der Waals surface area contributed by atoms with Crippen LogP contribution in [-0.4, -0.2) is 40.9 Å². The van der Waals surface area contributed by atoms with Gasteiger partial charge in [-0.2, -0.15) is 0 Å². The second kappa shape index (κ2) is 8.78. The van der Waals surface area contributed by atoms with E-state index in [1.54, 1.807) is 13.1 Å². The van der Waals surface area contributed by atoms with Crippen LogP contribution in [0, 0.1) is 0 Å². The Morgan fingerprint density at radius 2 is 2.24 bits per heavy atom. The molecule has 0 radical (unpaired) electrons. The van der Waals surface area contributed by atoms with Crippen molar-refractivity contribution in [2.24, 2.45) is 0 Å². The van der Waals surface area contributed by atoms with Crippen LogP contribution >= 0.6 is 0 Å². The summed E-state index contributed by atoms with van der Waals surface area (Å²) in [6, 6.07) is 10.1. The summed E-state index contributed by atoms with van der Waals surface area (Å²) in [5, 5.41) is 2.85. The maximum absolute atomic E-state index is 12.4. The average molecular weight is 343 g/mol. The summed E-state index contributed by atoms with van der Waals surface area (Å²) in [6.07, 6.45) is 6.35. The molecule has 0 unspecified atom stereocenters. The summed E-state index contributed by atoms with van der Waals surface area (Å²) in [7, 11) is 0. The van der Waals surface area contributed by atoms with Crippen molar-refractivity contribution in [2.75, 3.05) is 18.5 Å². The molecule has 1 fully saturated rings. The number of rotatable bonds is 7. The topological polar surface area (TPSA) is 65.4 Å². The van der Waals surface area contributed by atoms with Gasteiger partial charge >= 0.3 is 0 Å². The van der Waals surface area contributed by atoms with Crippen LogP contribution in [0.3, 0.4) is 0 Å². The minimum atomic E-state index is -0.549. The zero-order chi connectivity index (χ0) is 17.5. The summed E-state index contributed by atoms with van der Waals surface area (Å²) >= 11 is 0. The number of anilines is 1. The lowest BCUT2D eigenvalue weighted by molar-refractivity contribution is -0.130. The Hall–Kier alpha value is -2.18. The van der Waals surface area contributed by atoms with E-state index in [-0.39, 0.29) is 12.0 Å². The summed E-state index contributed by atoms with van der Waals surface area (Å²) in [6.45, 7) is 3.64. The molecule has 3 rings (SSSR count). The van der Waals surface area contributed by atoms with Gasteiger partial charge in [0, 0.05) is 19.0 Å². The van der Waals surface area contributed by atoms with Crippen molar-refractivity contribution in [1.29, 1.82) is 0 Å². The predicted octanol–water partition coefficient (Wildman–Crippen LogP) is 2.84. The molecule has 2 aromatic rings. The third kappa shape index (κ3) is 5.14. The minimum absolute atomic E-state index is 0.101. The third-order valence-electron chi connectivity index (χ3n) is 4.32. The third-order valence-corrected chi connectivity index (χ3v) is 4.32. The molecule has 1 aromatic heterocycles. The molecule has 6 heteroatoms. The maximum Gasteiger partial charge on any atom is 0.255 e. The molecular formula is C19H25N3O3. The molecule has 1 N–H and O–H groups in total. The molecular weight excluding hydrogens is 318 g/mol. The lowest BCUT2D eigenvalue weighted by Gasteiger charge is -2.23. The number of carbonyl (C=O) groups excluding carboxylic acids is 1. The molecule has 2 atom stereocenters. The number of hydrogen-bond donors (Lipinski definition) is 1. The van der Waals surface area contributed by atoms with Gasteiger partial charge in [-0.1, -0.05) is 30.3 Å². The molecule has 1 amide bonds. The SMILES string of the molecule is C[C@H](OC[C@@H]1CCCCO1)C(=O)Nc1nccn1Cc1ccccc1. The first kappa shape index (κ1) is 17.6. The fraction of sp³-hybridized carbons (Fsp3) is 0.474. The lowest BCUT2D eigenvalue weighted by Crippen LogP contribution is -2.33. The van der Waals surface area contributed by atoms with Gasteiger partial charge in [0.2, 0.25) is 5.95 Å².